The van der Waals surface area contributed by atoms with Crippen LogP contribution >= 0.6 is 0 Å². The third-order valence-corrected chi connectivity index (χ3v) is 4.01. The third kappa shape index (κ3) is 4.84. The van der Waals surface area contributed by atoms with E-state index in [0.29, 0.717) is 25.0 Å². The van der Waals surface area contributed by atoms with E-state index in [1.165, 1.54) is 0 Å². The average molecular weight is 282 g/mol. The van der Waals surface area contributed by atoms with Crippen LogP contribution in [-0.2, 0) is 4.74 Å². The number of hydrogen-bond donors (Lipinski definition) is 2. The molecule has 0 aromatic carbocycles. The van der Waals surface area contributed by atoms with Crippen LogP contribution in [0.4, 0.5) is 0 Å². The summed E-state index contributed by atoms with van der Waals surface area (Å²) in [4.78, 5) is 2.18. The van der Waals surface area contributed by atoms with Gasteiger partial charge in [-0.2, -0.15) is 0 Å². The zero-order chi connectivity index (χ0) is 15.1. The molecule has 1 rings (SSSR count). The fourth-order valence-electron chi connectivity index (χ4n) is 2.52. The predicted octanol–water partition coefficient (Wildman–Crippen LogP) is 2.11. The van der Waals surface area contributed by atoms with Crippen LogP contribution in [0.25, 0.3) is 0 Å². The quantitative estimate of drug-likeness (QED) is 0.733. The van der Waals surface area contributed by atoms with Gasteiger partial charge in [0.15, 0.2) is 0 Å². The summed E-state index contributed by atoms with van der Waals surface area (Å²) < 4.78 is 5.57. The van der Waals surface area contributed by atoms with E-state index in [2.05, 4.69) is 37.8 Å². The van der Waals surface area contributed by atoms with Crippen LogP contribution in [0.15, 0.2) is 24.0 Å². The number of aliphatic hydroxyl groups is 1. The Morgan fingerprint density at radius 1 is 1.45 bits per heavy atom. The van der Waals surface area contributed by atoms with E-state index >= 15 is 0 Å². The molecule has 3 atom stereocenters. The minimum atomic E-state index is -0.458. The number of nitrogens with zero attached hydrogens (tertiary/aromatic N) is 1. The maximum atomic E-state index is 9.66. The van der Waals surface area contributed by atoms with Gasteiger partial charge in [-0.25, -0.2) is 0 Å². The summed E-state index contributed by atoms with van der Waals surface area (Å²) in [6.45, 7) is 10.6. The lowest BCUT2D eigenvalue weighted by Crippen LogP contribution is -2.46. The van der Waals surface area contributed by atoms with Gasteiger partial charge < -0.3 is 20.5 Å². The fourth-order valence-corrected chi connectivity index (χ4v) is 2.52. The minimum absolute atomic E-state index is 0.140. The first-order valence-electron chi connectivity index (χ1n) is 7.64. The molecule has 1 aliphatic heterocycles. The summed E-state index contributed by atoms with van der Waals surface area (Å²) in [5.74, 6) is 1.20. The van der Waals surface area contributed by atoms with Crippen molar-refractivity contribution >= 4 is 0 Å². The van der Waals surface area contributed by atoms with Crippen LogP contribution in [0.1, 0.15) is 34.1 Å². The third-order valence-electron chi connectivity index (χ3n) is 4.01. The maximum Gasteiger partial charge on any atom is 0.101 e. The van der Waals surface area contributed by atoms with Crippen LogP contribution < -0.4 is 5.73 Å². The summed E-state index contributed by atoms with van der Waals surface area (Å²) in [5, 5.41) is 9.66. The standard InChI is InChI=1S/C16H30N2O2/c1-5-14(12(2)3)6-7-15(10-17)18-8-9-20-16(11-18)13(4)19/h6-7,10,12-14,16,19H,5,8-9,11,17H2,1-4H3/b7-6-,15-10+/t13-,14?,16?/m1/s1. The van der Waals surface area contributed by atoms with Crippen molar-refractivity contribution in [2.75, 3.05) is 19.7 Å². The Hall–Kier alpha value is -1.00. The van der Waals surface area contributed by atoms with Gasteiger partial charge in [0.2, 0.25) is 0 Å². The van der Waals surface area contributed by atoms with Crippen molar-refractivity contribution in [3.8, 4) is 0 Å². The van der Waals surface area contributed by atoms with Crippen LogP contribution in [-0.4, -0.2) is 41.9 Å². The molecule has 0 amide bonds. The van der Waals surface area contributed by atoms with Gasteiger partial charge in [-0.15, -0.1) is 0 Å². The second-order valence-corrected chi connectivity index (χ2v) is 5.86. The molecule has 1 saturated heterocycles. The monoisotopic (exact) mass is 282 g/mol. The largest absolute Gasteiger partial charge is 0.403 e. The summed E-state index contributed by atoms with van der Waals surface area (Å²) in [6.07, 6.45) is 6.54. The summed E-state index contributed by atoms with van der Waals surface area (Å²) in [7, 11) is 0. The average Bonchev–Trinajstić information content (AvgIpc) is 2.43. The number of hydrogen-bond acceptors (Lipinski definition) is 4. The molecule has 20 heavy (non-hydrogen) atoms. The molecule has 1 heterocycles. The number of allylic oxidation sites excluding steroid dienone is 2. The first-order valence-corrected chi connectivity index (χ1v) is 7.64. The van der Waals surface area contributed by atoms with Gasteiger partial charge in [0.25, 0.3) is 0 Å². The second-order valence-electron chi connectivity index (χ2n) is 5.86. The molecule has 3 N–H and O–H groups in total. The van der Waals surface area contributed by atoms with Crippen molar-refractivity contribution in [3.05, 3.63) is 24.0 Å². The Morgan fingerprint density at radius 2 is 2.15 bits per heavy atom. The molecule has 0 spiro atoms. The number of ether oxygens (including phenoxy) is 1. The highest BCUT2D eigenvalue weighted by Gasteiger charge is 2.24. The molecule has 0 radical (unpaired) electrons. The highest BCUT2D eigenvalue weighted by Crippen LogP contribution is 2.19. The van der Waals surface area contributed by atoms with Crippen LogP contribution in [0.2, 0.25) is 0 Å². The summed E-state index contributed by atoms with van der Waals surface area (Å²) >= 11 is 0. The normalized spacial score (nSPS) is 24.4. The number of morpholine rings is 1. The Morgan fingerprint density at radius 3 is 2.65 bits per heavy atom. The van der Waals surface area contributed by atoms with E-state index in [-0.39, 0.29) is 6.10 Å². The smallest absolute Gasteiger partial charge is 0.101 e. The molecule has 4 heteroatoms. The zero-order valence-electron chi connectivity index (χ0n) is 13.2. The number of aliphatic hydroxyl groups excluding tert-OH is 1. The van der Waals surface area contributed by atoms with Gasteiger partial charge in [-0.3, -0.25) is 0 Å². The molecule has 2 unspecified atom stereocenters. The van der Waals surface area contributed by atoms with E-state index < -0.39 is 6.10 Å². The van der Waals surface area contributed by atoms with Crippen molar-refractivity contribution in [3.63, 3.8) is 0 Å². The first-order chi connectivity index (χ1) is 9.49. The highest BCUT2D eigenvalue weighted by molar-refractivity contribution is 5.18. The zero-order valence-corrected chi connectivity index (χ0v) is 13.2. The molecular weight excluding hydrogens is 252 g/mol. The van der Waals surface area contributed by atoms with Crippen molar-refractivity contribution in [2.24, 2.45) is 17.6 Å². The van der Waals surface area contributed by atoms with E-state index in [1.807, 2.05) is 0 Å². The van der Waals surface area contributed by atoms with Crippen molar-refractivity contribution < 1.29 is 9.84 Å². The lowest BCUT2D eigenvalue weighted by atomic mass is 9.93. The van der Waals surface area contributed by atoms with E-state index in [1.54, 1.807) is 13.1 Å². The van der Waals surface area contributed by atoms with Gasteiger partial charge in [0.1, 0.15) is 6.10 Å². The van der Waals surface area contributed by atoms with E-state index in [4.69, 9.17) is 10.5 Å². The molecule has 0 aliphatic carbocycles. The molecule has 0 bridgehead atoms. The Kier molecular flexibility index (Phi) is 7.10. The highest BCUT2D eigenvalue weighted by atomic mass is 16.5. The molecule has 0 saturated carbocycles. The lowest BCUT2D eigenvalue weighted by molar-refractivity contribution is -0.0740. The van der Waals surface area contributed by atoms with Gasteiger partial charge in [0, 0.05) is 19.3 Å². The molecule has 0 aromatic heterocycles. The molecule has 116 valence electrons. The van der Waals surface area contributed by atoms with Crippen molar-refractivity contribution in [1.82, 2.24) is 4.90 Å². The van der Waals surface area contributed by atoms with Crippen molar-refractivity contribution in [1.29, 1.82) is 0 Å². The van der Waals surface area contributed by atoms with Crippen LogP contribution in [0, 0.1) is 11.8 Å². The SMILES string of the molecule is CCC(/C=C\C(=C/N)N1CCOC([C@@H](C)O)C1)C(C)C. The van der Waals surface area contributed by atoms with Crippen LogP contribution in [0.3, 0.4) is 0 Å². The van der Waals surface area contributed by atoms with E-state index in [9.17, 15) is 5.11 Å². The van der Waals surface area contributed by atoms with Gasteiger partial charge in [-0.05, 0) is 31.3 Å². The van der Waals surface area contributed by atoms with Crippen LogP contribution in [0.5, 0.6) is 0 Å². The van der Waals surface area contributed by atoms with Crippen molar-refractivity contribution in [2.45, 2.75) is 46.3 Å². The van der Waals surface area contributed by atoms with Gasteiger partial charge in [-0.1, -0.05) is 26.8 Å². The maximum absolute atomic E-state index is 9.66. The van der Waals surface area contributed by atoms with Gasteiger partial charge >= 0.3 is 0 Å². The molecule has 1 aliphatic rings. The second kappa shape index (κ2) is 8.32. The first kappa shape index (κ1) is 17.1. The molecule has 4 nitrogen and oxygen atoms in total. The number of nitrogens with two attached hydrogens (primary N) is 1. The molecule has 0 aromatic rings. The summed E-state index contributed by atoms with van der Waals surface area (Å²) in [6, 6.07) is 0. The molecular formula is C16H30N2O2. The van der Waals surface area contributed by atoms with E-state index in [0.717, 1.165) is 18.7 Å². The number of rotatable bonds is 6. The summed E-state index contributed by atoms with van der Waals surface area (Å²) in [5.41, 5.74) is 6.78. The lowest BCUT2D eigenvalue weighted by Gasteiger charge is -2.36. The predicted molar refractivity (Wildman–Crippen MR) is 83.0 cm³/mol. The topological polar surface area (TPSA) is 58.7 Å². The molecule has 1 fully saturated rings. The Labute approximate surface area is 123 Å². The minimum Gasteiger partial charge on any atom is -0.403 e. The Bertz CT molecular complexity index is 337. The van der Waals surface area contributed by atoms with Gasteiger partial charge in [0.05, 0.1) is 18.4 Å². The Balaban J connectivity index is 2.69. The fraction of sp³-hybridized carbons (Fsp3) is 0.750.